The van der Waals surface area contributed by atoms with E-state index in [-0.39, 0.29) is 5.56 Å². The number of pyridine rings is 1. The highest BCUT2D eigenvalue weighted by atomic mass is 16.1. The average Bonchev–Trinajstić information content (AvgIpc) is 2.45. The van der Waals surface area contributed by atoms with Crippen LogP contribution in [0.2, 0.25) is 0 Å². The fraction of sp³-hybridized carbons (Fsp3) is 0.267. The Balaban J connectivity index is 2.36. The minimum atomic E-state index is -0.158. The Labute approximate surface area is 115 Å². The van der Waals surface area contributed by atoms with Gasteiger partial charge in [0.05, 0.1) is 10.9 Å². The molecule has 0 aliphatic carbocycles. The second-order valence-electron chi connectivity index (χ2n) is 4.75. The highest BCUT2D eigenvalue weighted by Gasteiger charge is 2.08. The molecule has 0 saturated heterocycles. The second kappa shape index (κ2) is 5.02. The van der Waals surface area contributed by atoms with Gasteiger partial charge in [0.25, 0.3) is 5.56 Å². The highest BCUT2D eigenvalue weighted by molar-refractivity contribution is 5.92. The number of nitrogens with zero attached hydrogens (tertiary/aromatic N) is 2. The zero-order chi connectivity index (χ0) is 14.1. The van der Waals surface area contributed by atoms with Crippen molar-refractivity contribution in [3.05, 3.63) is 46.0 Å². The largest absolute Gasteiger partial charge is 0.330 e. The summed E-state index contributed by atoms with van der Waals surface area (Å²) in [6.07, 6.45) is 1.44. The third kappa shape index (κ3) is 2.06. The van der Waals surface area contributed by atoms with Crippen molar-refractivity contribution in [2.24, 2.45) is 5.73 Å². The number of hydrogen-bond donors (Lipinski definition) is 2. The summed E-state index contributed by atoms with van der Waals surface area (Å²) in [6.45, 7) is 2.54. The molecule has 2 heterocycles. The monoisotopic (exact) mass is 268 g/mol. The average molecular weight is 268 g/mol. The number of H-pyrrole nitrogens is 1. The van der Waals surface area contributed by atoms with Crippen molar-refractivity contribution >= 4 is 21.9 Å². The Morgan fingerprint density at radius 2 is 2.15 bits per heavy atom. The molecule has 0 fully saturated rings. The molecule has 0 unspecified atom stereocenters. The van der Waals surface area contributed by atoms with E-state index in [1.165, 1.54) is 0 Å². The van der Waals surface area contributed by atoms with Crippen LogP contribution in [0.15, 0.2) is 29.1 Å². The first-order chi connectivity index (χ1) is 9.72. The Morgan fingerprint density at radius 3 is 2.90 bits per heavy atom. The number of aryl methyl sites for hydroxylation is 1. The van der Waals surface area contributed by atoms with Crippen LogP contribution in [0.1, 0.15) is 18.3 Å². The van der Waals surface area contributed by atoms with E-state index in [0.29, 0.717) is 29.8 Å². The van der Waals surface area contributed by atoms with Crippen LogP contribution in [-0.2, 0) is 12.8 Å². The molecule has 0 aliphatic heterocycles. The van der Waals surface area contributed by atoms with Crippen molar-refractivity contribution in [2.45, 2.75) is 19.8 Å². The van der Waals surface area contributed by atoms with Gasteiger partial charge < -0.3 is 10.7 Å². The maximum atomic E-state index is 12.1. The zero-order valence-corrected chi connectivity index (χ0v) is 11.3. The molecule has 0 aliphatic rings. The maximum absolute atomic E-state index is 12.1. The maximum Gasteiger partial charge on any atom is 0.260 e. The lowest BCUT2D eigenvalue weighted by atomic mass is 10.1. The third-order valence-corrected chi connectivity index (χ3v) is 3.41. The molecule has 1 aromatic carbocycles. The molecule has 20 heavy (non-hydrogen) atoms. The van der Waals surface area contributed by atoms with Crippen molar-refractivity contribution in [1.82, 2.24) is 15.0 Å². The van der Waals surface area contributed by atoms with Gasteiger partial charge in [-0.15, -0.1) is 0 Å². The number of aromatic amines is 1. The van der Waals surface area contributed by atoms with Crippen LogP contribution >= 0.6 is 0 Å². The minimum Gasteiger partial charge on any atom is -0.330 e. The number of para-hydroxylation sites is 1. The molecular weight excluding hydrogens is 252 g/mol. The predicted octanol–water partition coefficient (Wildman–Crippen LogP) is 1.53. The fourth-order valence-electron chi connectivity index (χ4n) is 2.40. The summed E-state index contributed by atoms with van der Waals surface area (Å²) >= 11 is 0. The smallest absolute Gasteiger partial charge is 0.260 e. The van der Waals surface area contributed by atoms with E-state index in [0.717, 1.165) is 22.9 Å². The van der Waals surface area contributed by atoms with E-state index in [1.54, 1.807) is 0 Å². The summed E-state index contributed by atoms with van der Waals surface area (Å²) in [5, 5.41) is 1.49. The molecule has 5 nitrogen and oxygen atoms in total. The van der Waals surface area contributed by atoms with Gasteiger partial charge in [0, 0.05) is 11.8 Å². The van der Waals surface area contributed by atoms with Crippen molar-refractivity contribution < 1.29 is 0 Å². The molecule has 0 radical (unpaired) electrons. The Bertz CT molecular complexity index is 838. The van der Waals surface area contributed by atoms with Gasteiger partial charge in [0.15, 0.2) is 5.65 Å². The lowest BCUT2D eigenvalue weighted by Gasteiger charge is -2.06. The molecule has 0 bridgehead atoms. The number of nitrogens with two attached hydrogens (primary N) is 1. The topological polar surface area (TPSA) is 84.7 Å². The van der Waals surface area contributed by atoms with Gasteiger partial charge in [0.1, 0.15) is 5.82 Å². The lowest BCUT2D eigenvalue weighted by molar-refractivity contribution is 0.867. The molecule has 0 saturated carbocycles. The van der Waals surface area contributed by atoms with Gasteiger partial charge in [-0.25, -0.2) is 9.97 Å². The Hall–Kier alpha value is -2.27. The first kappa shape index (κ1) is 12.7. The van der Waals surface area contributed by atoms with E-state index >= 15 is 0 Å². The van der Waals surface area contributed by atoms with E-state index < -0.39 is 0 Å². The van der Waals surface area contributed by atoms with Gasteiger partial charge in [-0.1, -0.05) is 25.1 Å². The van der Waals surface area contributed by atoms with Crippen LogP contribution in [0.25, 0.3) is 21.9 Å². The van der Waals surface area contributed by atoms with Crippen LogP contribution in [0.5, 0.6) is 0 Å². The van der Waals surface area contributed by atoms with E-state index in [2.05, 4.69) is 27.9 Å². The molecule has 102 valence electrons. The number of rotatable bonds is 3. The van der Waals surface area contributed by atoms with Crippen LogP contribution in [-0.4, -0.2) is 21.5 Å². The number of nitrogens with one attached hydrogen (secondary N) is 1. The first-order valence-corrected chi connectivity index (χ1v) is 6.74. The van der Waals surface area contributed by atoms with Crippen LogP contribution < -0.4 is 11.3 Å². The van der Waals surface area contributed by atoms with E-state index in [1.807, 2.05) is 18.2 Å². The summed E-state index contributed by atoms with van der Waals surface area (Å²) in [5.74, 6) is 0.589. The normalized spacial score (nSPS) is 11.3. The zero-order valence-electron chi connectivity index (χ0n) is 11.3. The van der Waals surface area contributed by atoms with Crippen LogP contribution in [0.3, 0.4) is 0 Å². The number of hydrogen-bond acceptors (Lipinski definition) is 4. The highest BCUT2D eigenvalue weighted by Crippen LogP contribution is 2.20. The first-order valence-electron chi connectivity index (χ1n) is 6.74. The van der Waals surface area contributed by atoms with Crippen LogP contribution in [0.4, 0.5) is 0 Å². The second-order valence-corrected chi connectivity index (χ2v) is 4.75. The standard InChI is InChI=1S/C15H16N4O/c1-2-9-4-3-5-10-8-11-14(19-13(9)10)17-12(6-7-16)18-15(11)20/h3-5,8H,2,6-7,16H2,1H3,(H,17,18,19,20). The predicted molar refractivity (Wildman–Crippen MR) is 79.8 cm³/mol. The quantitative estimate of drug-likeness (QED) is 0.705. The van der Waals surface area contributed by atoms with Crippen LogP contribution in [0, 0.1) is 0 Å². The van der Waals surface area contributed by atoms with Gasteiger partial charge in [0.2, 0.25) is 0 Å². The Morgan fingerprint density at radius 1 is 1.30 bits per heavy atom. The lowest BCUT2D eigenvalue weighted by Crippen LogP contribution is -2.15. The number of aromatic nitrogens is 3. The Kier molecular flexibility index (Phi) is 3.20. The number of fused-ring (bicyclic) bond motifs is 2. The summed E-state index contributed by atoms with van der Waals surface area (Å²) in [5.41, 5.74) is 7.92. The van der Waals surface area contributed by atoms with Crippen molar-refractivity contribution in [3.63, 3.8) is 0 Å². The van der Waals surface area contributed by atoms with E-state index in [9.17, 15) is 4.79 Å². The molecule has 3 N–H and O–H groups in total. The van der Waals surface area contributed by atoms with Crippen molar-refractivity contribution in [1.29, 1.82) is 0 Å². The third-order valence-electron chi connectivity index (χ3n) is 3.41. The molecule has 3 aromatic rings. The van der Waals surface area contributed by atoms with E-state index in [4.69, 9.17) is 5.73 Å². The summed E-state index contributed by atoms with van der Waals surface area (Å²) in [4.78, 5) is 23.8. The molecule has 0 spiro atoms. The summed E-state index contributed by atoms with van der Waals surface area (Å²) < 4.78 is 0. The van der Waals surface area contributed by atoms with Crippen molar-refractivity contribution in [2.75, 3.05) is 6.54 Å². The molecule has 5 heteroatoms. The molecule has 0 atom stereocenters. The fourth-order valence-corrected chi connectivity index (χ4v) is 2.40. The molecule has 2 aromatic heterocycles. The molecule has 0 amide bonds. The van der Waals surface area contributed by atoms with Crippen molar-refractivity contribution in [3.8, 4) is 0 Å². The SMILES string of the molecule is CCc1cccc2cc3c(=O)[nH]c(CCN)nc3nc12. The molecule has 3 rings (SSSR count). The summed E-state index contributed by atoms with van der Waals surface area (Å²) in [6, 6.07) is 7.86. The van der Waals surface area contributed by atoms with Gasteiger partial charge in [-0.05, 0) is 24.6 Å². The van der Waals surface area contributed by atoms with Gasteiger partial charge >= 0.3 is 0 Å². The minimum absolute atomic E-state index is 0.158. The summed E-state index contributed by atoms with van der Waals surface area (Å²) in [7, 11) is 0. The number of benzene rings is 1. The van der Waals surface area contributed by atoms with Gasteiger partial charge in [-0.3, -0.25) is 4.79 Å². The molecular formula is C15H16N4O. The van der Waals surface area contributed by atoms with Gasteiger partial charge in [-0.2, -0.15) is 0 Å².